The molecule has 0 bridgehead atoms. The second kappa shape index (κ2) is 9.70. The van der Waals surface area contributed by atoms with Gasteiger partial charge < -0.3 is 9.73 Å². The molecule has 2 heterocycles. The van der Waals surface area contributed by atoms with Crippen molar-refractivity contribution < 1.29 is 14.1 Å². The molecular weight excluding hydrogens is 499 g/mol. The standard InChI is InChI=1S/C23H14Cl2N4O4S/c24-17-9-18(25)19(29(31)32)8-15(17)20-6-5-13(33-20)7-12(10-26)22(30)28-23-16(11-27)14-3-1-2-4-21(14)34-23/h5-9H,1-4H2,(H,28,30)/b12-7+. The average molecular weight is 513 g/mol. The number of carbonyl (C=O) groups excluding carboxylic acids is 1. The highest BCUT2D eigenvalue weighted by atomic mass is 35.5. The third-order valence-corrected chi connectivity index (χ3v) is 7.11. The molecule has 3 aromatic rings. The average Bonchev–Trinajstić information content (AvgIpc) is 3.40. The Bertz CT molecular complexity index is 1440. The van der Waals surface area contributed by atoms with Gasteiger partial charge in [0.15, 0.2) is 0 Å². The van der Waals surface area contributed by atoms with Gasteiger partial charge in [-0.05, 0) is 49.4 Å². The zero-order valence-electron chi connectivity index (χ0n) is 17.4. The van der Waals surface area contributed by atoms with E-state index in [2.05, 4.69) is 11.4 Å². The van der Waals surface area contributed by atoms with E-state index in [1.54, 1.807) is 0 Å². The highest BCUT2D eigenvalue weighted by Crippen LogP contribution is 2.39. The number of thiophene rings is 1. The minimum absolute atomic E-state index is 0.110. The van der Waals surface area contributed by atoms with Gasteiger partial charge in [-0.3, -0.25) is 14.9 Å². The molecule has 1 aliphatic rings. The maximum Gasteiger partial charge on any atom is 0.288 e. The van der Waals surface area contributed by atoms with E-state index in [-0.39, 0.29) is 38.4 Å². The fourth-order valence-corrected chi connectivity index (χ4v) is 5.46. The molecular formula is C23H14Cl2N4O4S. The van der Waals surface area contributed by atoms with E-state index in [1.807, 2.05) is 6.07 Å². The van der Waals surface area contributed by atoms with Gasteiger partial charge in [-0.25, -0.2) is 0 Å². The molecule has 0 atom stereocenters. The lowest BCUT2D eigenvalue weighted by molar-refractivity contribution is -0.384. The number of nitrogens with one attached hydrogen (secondary N) is 1. The molecule has 0 radical (unpaired) electrons. The van der Waals surface area contributed by atoms with E-state index in [0.717, 1.165) is 36.1 Å². The lowest BCUT2D eigenvalue weighted by Crippen LogP contribution is -2.13. The van der Waals surface area contributed by atoms with Crippen LogP contribution in [0.1, 0.15) is 34.6 Å². The first-order valence-electron chi connectivity index (χ1n) is 10.0. The molecule has 4 rings (SSSR count). The van der Waals surface area contributed by atoms with E-state index in [4.69, 9.17) is 27.6 Å². The van der Waals surface area contributed by atoms with Crippen molar-refractivity contribution in [1.29, 1.82) is 10.5 Å². The van der Waals surface area contributed by atoms with Crippen LogP contribution < -0.4 is 5.32 Å². The molecule has 0 saturated heterocycles. The summed E-state index contributed by atoms with van der Waals surface area (Å²) in [6.07, 6.45) is 4.95. The number of rotatable bonds is 5. The number of aryl methyl sites for hydroxylation is 1. The van der Waals surface area contributed by atoms with Crippen molar-refractivity contribution in [3.05, 3.63) is 71.8 Å². The SMILES string of the molecule is N#C/C(=C\c1ccc(-c2cc([N+](=O)[O-])c(Cl)cc2Cl)o1)C(=O)Nc1sc2c(c1C#N)CCCC2. The van der Waals surface area contributed by atoms with Crippen LogP contribution >= 0.6 is 34.5 Å². The number of nitro groups is 1. The molecule has 34 heavy (non-hydrogen) atoms. The molecule has 1 N–H and O–H groups in total. The Morgan fingerprint density at radius 2 is 1.97 bits per heavy atom. The quantitative estimate of drug-likeness (QED) is 0.179. The Labute approximate surface area is 207 Å². The van der Waals surface area contributed by atoms with Crippen LogP contribution in [0, 0.1) is 32.8 Å². The molecule has 0 spiro atoms. The third-order valence-electron chi connectivity index (χ3n) is 5.29. The van der Waals surface area contributed by atoms with E-state index in [1.165, 1.54) is 41.7 Å². The number of nitrogens with zero attached hydrogens (tertiary/aromatic N) is 3. The topological polar surface area (TPSA) is 133 Å². The first-order valence-corrected chi connectivity index (χ1v) is 11.6. The molecule has 1 amide bonds. The van der Waals surface area contributed by atoms with Gasteiger partial charge in [0, 0.05) is 22.6 Å². The number of nitriles is 2. The van der Waals surface area contributed by atoms with Crippen molar-refractivity contribution in [1.82, 2.24) is 0 Å². The van der Waals surface area contributed by atoms with Crippen LogP contribution in [-0.4, -0.2) is 10.8 Å². The summed E-state index contributed by atoms with van der Waals surface area (Å²) in [6, 6.07) is 9.45. The summed E-state index contributed by atoms with van der Waals surface area (Å²) in [5.74, 6) is -0.302. The molecule has 0 saturated carbocycles. The fraction of sp³-hybridized carbons (Fsp3) is 0.174. The van der Waals surface area contributed by atoms with Gasteiger partial charge in [-0.2, -0.15) is 10.5 Å². The predicted molar refractivity (Wildman–Crippen MR) is 129 cm³/mol. The van der Waals surface area contributed by atoms with Crippen molar-refractivity contribution in [2.24, 2.45) is 0 Å². The zero-order chi connectivity index (χ0) is 24.4. The van der Waals surface area contributed by atoms with Crippen LogP contribution in [-0.2, 0) is 17.6 Å². The highest BCUT2D eigenvalue weighted by molar-refractivity contribution is 7.16. The summed E-state index contributed by atoms with van der Waals surface area (Å²) >= 11 is 13.4. The minimum Gasteiger partial charge on any atom is -0.457 e. The molecule has 1 aromatic carbocycles. The summed E-state index contributed by atoms with van der Waals surface area (Å²) in [5.41, 5.74) is 1.09. The van der Waals surface area contributed by atoms with Crippen molar-refractivity contribution in [2.75, 3.05) is 5.32 Å². The number of amides is 1. The lowest BCUT2D eigenvalue weighted by atomic mass is 9.96. The normalized spacial score (nSPS) is 13.0. The Balaban J connectivity index is 1.61. The van der Waals surface area contributed by atoms with E-state index in [9.17, 15) is 25.4 Å². The monoisotopic (exact) mass is 512 g/mol. The van der Waals surface area contributed by atoms with Crippen LogP contribution in [0.4, 0.5) is 10.7 Å². The van der Waals surface area contributed by atoms with Crippen molar-refractivity contribution >= 4 is 57.2 Å². The number of hydrogen-bond acceptors (Lipinski definition) is 7. The van der Waals surface area contributed by atoms with Gasteiger partial charge in [-0.15, -0.1) is 11.3 Å². The van der Waals surface area contributed by atoms with E-state index < -0.39 is 10.8 Å². The number of fused-ring (bicyclic) bond motifs is 1. The lowest BCUT2D eigenvalue weighted by Gasteiger charge is -2.09. The van der Waals surface area contributed by atoms with Crippen LogP contribution in [0.2, 0.25) is 10.0 Å². The molecule has 0 aliphatic heterocycles. The van der Waals surface area contributed by atoms with Crippen molar-refractivity contribution in [3.8, 4) is 23.5 Å². The van der Waals surface area contributed by atoms with E-state index in [0.29, 0.717) is 10.6 Å². The molecule has 170 valence electrons. The zero-order valence-corrected chi connectivity index (χ0v) is 19.7. The third kappa shape index (κ3) is 4.55. The minimum atomic E-state index is -0.671. The summed E-state index contributed by atoms with van der Waals surface area (Å²) in [5, 5.41) is 33.4. The molecule has 0 unspecified atom stereocenters. The molecule has 1 aliphatic carbocycles. The number of halogens is 2. The van der Waals surface area contributed by atoms with Crippen LogP contribution in [0.3, 0.4) is 0 Å². The number of furan rings is 1. The number of carbonyl (C=O) groups is 1. The van der Waals surface area contributed by atoms with Gasteiger partial charge in [0.2, 0.25) is 0 Å². The number of anilines is 1. The van der Waals surface area contributed by atoms with Crippen molar-refractivity contribution in [3.63, 3.8) is 0 Å². The Morgan fingerprint density at radius 1 is 1.21 bits per heavy atom. The Morgan fingerprint density at radius 3 is 2.68 bits per heavy atom. The smallest absolute Gasteiger partial charge is 0.288 e. The predicted octanol–water partition coefficient (Wildman–Crippen LogP) is 6.52. The summed E-state index contributed by atoms with van der Waals surface area (Å²) < 4.78 is 5.66. The number of benzene rings is 1. The second-order valence-electron chi connectivity index (χ2n) is 7.39. The van der Waals surface area contributed by atoms with Crippen LogP contribution in [0.25, 0.3) is 17.4 Å². The molecule has 2 aromatic heterocycles. The van der Waals surface area contributed by atoms with Gasteiger partial charge in [0.1, 0.15) is 39.3 Å². The van der Waals surface area contributed by atoms with Crippen LogP contribution in [0.5, 0.6) is 0 Å². The molecule has 11 heteroatoms. The number of nitro benzene ring substituents is 1. The fourth-order valence-electron chi connectivity index (χ4n) is 3.67. The highest BCUT2D eigenvalue weighted by Gasteiger charge is 2.23. The number of hydrogen-bond donors (Lipinski definition) is 1. The first-order chi connectivity index (χ1) is 16.3. The molecule has 8 nitrogen and oxygen atoms in total. The Kier molecular flexibility index (Phi) is 6.71. The summed E-state index contributed by atoms with van der Waals surface area (Å²) in [7, 11) is 0. The van der Waals surface area contributed by atoms with E-state index >= 15 is 0 Å². The van der Waals surface area contributed by atoms with Crippen molar-refractivity contribution in [2.45, 2.75) is 25.7 Å². The maximum atomic E-state index is 12.8. The Hall–Kier alpha value is -3.63. The van der Waals surface area contributed by atoms with Gasteiger partial charge in [-0.1, -0.05) is 23.2 Å². The summed E-state index contributed by atoms with van der Waals surface area (Å²) in [4.78, 5) is 24.4. The first kappa shape index (κ1) is 23.5. The molecule has 0 fully saturated rings. The largest absolute Gasteiger partial charge is 0.457 e. The van der Waals surface area contributed by atoms with Gasteiger partial charge in [0.05, 0.1) is 15.5 Å². The van der Waals surface area contributed by atoms with Crippen LogP contribution in [0.15, 0.2) is 34.3 Å². The second-order valence-corrected chi connectivity index (χ2v) is 9.31. The van der Waals surface area contributed by atoms with Gasteiger partial charge >= 0.3 is 0 Å². The van der Waals surface area contributed by atoms with Gasteiger partial charge in [0.25, 0.3) is 11.6 Å². The maximum absolute atomic E-state index is 12.8. The summed E-state index contributed by atoms with van der Waals surface area (Å²) in [6.45, 7) is 0.